The number of hydrogen-bond donors (Lipinski definition) is 3. The Morgan fingerprint density at radius 2 is 1.76 bits per heavy atom. The Bertz CT molecular complexity index is 795. The van der Waals surface area contributed by atoms with Crippen LogP contribution in [0.3, 0.4) is 0 Å². The first-order chi connectivity index (χ1) is 14.1. The molecule has 0 saturated carbocycles. The highest BCUT2D eigenvalue weighted by atomic mass is 16.5. The SMILES string of the molecule is CCNC(=NCC(O)c1cc(OC)ccc1OC)NCCc1ccccc1OC. The molecule has 0 heterocycles. The average Bonchev–Trinajstić information content (AvgIpc) is 2.77. The number of hydrogen-bond acceptors (Lipinski definition) is 5. The van der Waals surface area contributed by atoms with E-state index >= 15 is 0 Å². The molecule has 3 N–H and O–H groups in total. The van der Waals surface area contributed by atoms with Crippen molar-refractivity contribution in [2.75, 3.05) is 41.0 Å². The molecule has 0 aromatic heterocycles. The molecule has 1 atom stereocenters. The van der Waals surface area contributed by atoms with E-state index in [-0.39, 0.29) is 6.54 Å². The van der Waals surface area contributed by atoms with Crippen molar-refractivity contribution in [2.45, 2.75) is 19.4 Å². The Labute approximate surface area is 172 Å². The normalized spacial score (nSPS) is 12.2. The van der Waals surface area contributed by atoms with Crippen molar-refractivity contribution in [3.63, 3.8) is 0 Å². The van der Waals surface area contributed by atoms with E-state index in [4.69, 9.17) is 14.2 Å². The predicted octanol–water partition coefficient (Wildman–Crippen LogP) is 2.54. The summed E-state index contributed by atoms with van der Waals surface area (Å²) in [5.41, 5.74) is 1.76. The van der Waals surface area contributed by atoms with Gasteiger partial charge in [-0.1, -0.05) is 18.2 Å². The molecule has 2 aromatic rings. The van der Waals surface area contributed by atoms with Crippen molar-refractivity contribution in [1.82, 2.24) is 10.6 Å². The van der Waals surface area contributed by atoms with Gasteiger partial charge in [0.15, 0.2) is 5.96 Å². The van der Waals surface area contributed by atoms with Gasteiger partial charge in [0.1, 0.15) is 23.4 Å². The number of nitrogens with one attached hydrogen (secondary N) is 2. The summed E-state index contributed by atoms with van der Waals surface area (Å²) in [6.07, 6.45) is -0.0227. The molecule has 0 aliphatic heterocycles. The van der Waals surface area contributed by atoms with Crippen LogP contribution >= 0.6 is 0 Å². The summed E-state index contributed by atoms with van der Waals surface area (Å²) >= 11 is 0. The van der Waals surface area contributed by atoms with Crippen LogP contribution in [0.4, 0.5) is 0 Å². The van der Waals surface area contributed by atoms with Crippen LogP contribution in [0.1, 0.15) is 24.2 Å². The van der Waals surface area contributed by atoms with Crippen LogP contribution in [-0.2, 0) is 6.42 Å². The number of ether oxygens (including phenoxy) is 3. The van der Waals surface area contributed by atoms with Crippen LogP contribution in [-0.4, -0.2) is 52.0 Å². The van der Waals surface area contributed by atoms with E-state index in [1.807, 2.05) is 31.2 Å². The van der Waals surface area contributed by atoms with E-state index in [0.29, 0.717) is 29.6 Å². The Hall–Kier alpha value is -2.93. The predicted molar refractivity (Wildman–Crippen MR) is 115 cm³/mol. The molecule has 2 rings (SSSR count). The molecule has 0 fully saturated rings. The van der Waals surface area contributed by atoms with Gasteiger partial charge in [-0.25, -0.2) is 0 Å². The molecule has 29 heavy (non-hydrogen) atoms. The van der Waals surface area contributed by atoms with Crippen molar-refractivity contribution in [3.05, 3.63) is 53.6 Å². The maximum atomic E-state index is 10.6. The van der Waals surface area contributed by atoms with Gasteiger partial charge in [0.25, 0.3) is 0 Å². The smallest absolute Gasteiger partial charge is 0.191 e. The molecule has 0 aliphatic rings. The second kappa shape index (κ2) is 11.8. The van der Waals surface area contributed by atoms with Gasteiger partial charge in [0.2, 0.25) is 0 Å². The summed E-state index contributed by atoms with van der Waals surface area (Å²) in [6, 6.07) is 13.3. The highest BCUT2D eigenvalue weighted by Crippen LogP contribution is 2.29. The number of aliphatic imine (C=N–C) groups is 1. The highest BCUT2D eigenvalue weighted by Gasteiger charge is 2.15. The number of nitrogens with zero attached hydrogens (tertiary/aromatic N) is 1. The van der Waals surface area contributed by atoms with Crippen LogP contribution < -0.4 is 24.8 Å². The monoisotopic (exact) mass is 401 g/mol. The van der Waals surface area contributed by atoms with Gasteiger partial charge < -0.3 is 30.0 Å². The summed E-state index contributed by atoms with van der Waals surface area (Å²) < 4.78 is 16.0. The number of guanidine groups is 1. The number of methoxy groups -OCH3 is 3. The van der Waals surface area contributed by atoms with Gasteiger partial charge in [-0.2, -0.15) is 0 Å². The minimum Gasteiger partial charge on any atom is -0.497 e. The molecular weight excluding hydrogens is 370 g/mol. The van der Waals surface area contributed by atoms with Crippen molar-refractivity contribution in [3.8, 4) is 17.2 Å². The number of aliphatic hydroxyl groups excluding tert-OH is 1. The maximum absolute atomic E-state index is 10.6. The van der Waals surface area contributed by atoms with Crippen molar-refractivity contribution in [1.29, 1.82) is 0 Å². The highest BCUT2D eigenvalue weighted by molar-refractivity contribution is 5.79. The van der Waals surface area contributed by atoms with Gasteiger partial charge >= 0.3 is 0 Å². The molecule has 0 saturated heterocycles. The molecule has 158 valence electrons. The topological polar surface area (TPSA) is 84.3 Å². The fraction of sp³-hybridized carbons (Fsp3) is 0.409. The molecule has 0 amide bonds. The van der Waals surface area contributed by atoms with E-state index in [1.54, 1.807) is 39.5 Å². The van der Waals surface area contributed by atoms with Crippen molar-refractivity contribution >= 4 is 5.96 Å². The lowest BCUT2D eigenvalue weighted by Gasteiger charge is -2.16. The lowest BCUT2D eigenvalue weighted by Crippen LogP contribution is -2.38. The van der Waals surface area contributed by atoms with Crippen LogP contribution in [0.15, 0.2) is 47.5 Å². The van der Waals surface area contributed by atoms with E-state index in [1.165, 1.54) is 0 Å². The average molecular weight is 402 g/mol. The van der Waals surface area contributed by atoms with Crippen LogP contribution in [0.25, 0.3) is 0 Å². The quantitative estimate of drug-likeness (QED) is 0.419. The third-order valence-electron chi connectivity index (χ3n) is 4.44. The second-order valence-electron chi connectivity index (χ2n) is 6.33. The van der Waals surface area contributed by atoms with Gasteiger partial charge in [0, 0.05) is 18.7 Å². The molecular formula is C22H31N3O4. The molecule has 1 unspecified atom stereocenters. The first-order valence-corrected chi connectivity index (χ1v) is 9.67. The van der Waals surface area contributed by atoms with Gasteiger partial charge in [-0.05, 0) is 43.2 Å². The molecule has 0 bridgehead atoms. The van der Waals surface area contributed by atoms with Crippen molar-refractivity contribution < 1.29 is 19.3 Å². The Morgan fingerprint density at radius 3 is 2.45 bits per heavy atom. The van der Waals surface area contributed by atoms with Crippen molar-refractivity contribution in [2.24, 2.45) is 4.99 Å². The van der Waals surface area contributed by atoms with Crippen LogP contribution in [0, 0.1) is 0 Å². The van der Waals surface area contributed by atoms with Gasteiger partial charge in [-0.15, -0.1) is 0 Å². The third-order valence-corrected chi connectivity index (χ3v) is 4.44. The third kappa shape index (κ3) is 6.57. The zero-order chi connectivity index (χ0) is 21.1. The zero-order valence-electron chi connectivity index (χ0n) is 17.6. The van der Waals surface area contributed by atoms with E-state index < -0.39 is 6.10 Å². The summed E-state index contributed by atoms with van der Waals surface area (Å²) in [7, 11) is 4.84. The first-order valence-electron chi connectivity index (χ1n) is 9.67. The van der Waals surface area contributed by atoms with E-state index in [9.17, 15) is 5.11 Å². The molecule has 0 spiro atoms. The maximum Gasteiger partial charge on any atom is 0.191 e. The Morgan fingerprint density at radius 1 is 1.00 bits per heavy atom. The number of benzene rings is 2. The minimum atomic E-state index is -0.815. The number of para-hydroxylation sites is 1. The molecule has 7 nitrogen and oxygen atoms in total. The van der Waals surface area contributed by atoms with Crippen LogP contribution in [0.5, 0.6) is 17.2 Å². The Kier molecular flexibility index (Phi) is 9.11. The molecule has 0 aliphatic carbocycles. The zero-order valence-corrected chi connectivity index (χ0v) is 17.6. The van der Waals surface area contributed by atoms with Gasteiger partial charge in [0.05, 0.1) is 27.9 Å². The Balaban J connectivity index is 2.01. The lowest BCUT2D eigenvalue weighted by atomic mass is 10.1. The lowest BCUT2D eigenvalue weighted by molar-refractivity contribution is 0.182. The number of aliphatic hydroxyl groups is 1. The number of rotatable bonds is 10. The van der Waals surface area contributed by atoms with E-state index in [2.05, 4.69) is 15.6 Å². The molecule has 2 aromatic carbocycles. The summed E-state index contributed by atoms with van der Waals surface area (Å²) in [5, 5.41) is 17.1. The summed E-state index contributed by atoms with van der Waals surface area (Å²) in [4.78, 5) is 4.51. The molecule has 0 radical (unpaired) electrons. The largest absolute Gasteiger partial charge is 0.497 e. The fourth-order valence-corrected chi connectivity index (χ4v) is 2.94. The summed E-state index contributed by atoms with van der Waals surface area (Å²) in [6.45, 7) is 3.59. The van der Waals surface area contributed by atoms with Gasteiger partial charge in [-0.3, -0.25) is 4.99 Å². The summed E-state index contributed by atoms with van der Waals surface area (Å²) in [5.74, 6) is 2.77. The van der Waals surface area contributed by atoms with E-state index in [0.717, 1.165) is 24.3 Å². The van der Waals surface area contributed by atoms with Crippen LogP contribution in [0.2, 0.25) is 0 Å². The first kappa shape index (κ1) is 22.4. The standard InChI is InChI=1S/C22H31N3O4/c1-5-23-22(24-13-12-16-8-6-7-9-20(16)28-3)25-15-19(26)18-14-17(27-2)10-11-21(18)29-4/h6-11,14,19,26H,5,12-13,15H2,1-4H3,(H2,23,24,25). The second-order valence-corrected chi connectivity index (χ2v) is 6.33. The molecule has 7 heteroatoms. The minimum absolute atomic E-state index is 0.188. The fourth-order valence-electron chi connectivity index (χ4n) is 2.94.